The molecule has 5 heteroatoms. The minimum Gasteiger partial charge on any atom is -0.321 e. The van der Waals surface area contributed by atoms with Crippen LogP contribution in [-0.2, 0) is 0 Å². The Morgan fingerprint density at radius 1 is 1.43 bits per heavy atom. The summed E-state index contributed by atoms with van der Waals surface area (Å²) in [6, 6.07) is 10.4. The van der Waals surface area contributed by atoms with Gasteiger partial charge in [-0.3, -0.25) is 0 Å². The number of carbonyl (C=O) groups is 1. The van der Waals surface area contributed by atoms with Gasteiger partial charge in [0.2, 0.25) is 0 Å². The molecule has 1 aromatic carbocycles. The average molecular weight is 286 g/mol. The minimum atomic E-state index is -0.109. The number of rotatable bonds is 6. The van der Waals surface area contributed by atoms with Crippen LogP contribution >= 0.6 is 0 Å². The monoisotopic (exact) mass is 286 g/mol. The lowest BCUT2D eigenvalue weighted by atomic mass is 10.1. The highest BCUT2D eigenvalue weighted by Crippen LogP contribution is 2.27. The Bertz CT molecular complexity index is 516. The summed E-state index contributed by atoms with van der Waals surface area (Å²) in [5.41, 5.74) is 1.97. The lowest BCUT2D eigenvalue weighted by Crippen LogP contribution is -2.37. The van der Waals surface area contributed by atoms with Gasteiger partial charge in [0.15, 0.2) is 0 Å². The van der Waals surface area contributed by atoms with Gasteiger partial charge < -0.3 is 15.5 Å². The standard InChI is InChI=1S/C16H22N4O/c1-12(18-2)13-4-6-14(7-5-13)19-16(21)20(11-3-10-17)15-8-9-15/h4-7,12,15,18H,3,8-9,11H2,1-2H3,(H,19,21). The lowest BCUT2D eigenvalue weighted by Gasteiger charge is -2.21. The molecule has 21 heavy (non-hydrogen) atoms. The van der Waals surface area contributed by atoms with Crippen molar-refractivity contribution in [1.82, 2.24) is 10.2 Å². The van der Waals surface area contributed by atoms with Crippen LogP contribution in [0.5, 0.6) is 0 Å². The quantitative estimate of drug-likeness (QED) is 0.845. The van der Waals surface area contributed by atoms with Gasteiger partial charge in [0, 0.05) is 24.3 Å². The molecule has 2 amide bonds. The van der Waals surface area contributed by atoms with Gasteiger partial charge in [0.25, 0.3) is 0 Å². The molecule has 0 radical (unpaired) electrons. The van der Waals surface area contributed by atoms with E-state index < -0.39 is 0 Å². The molecule has 0 aromatic heterocycles. The third kappa shape index (κ3) is 4.20. The Kier molecular flexibility index (Phi) is 5.18. The van der Waals surface area contributed by atoms with Crippen LogP contribution in [0.1, 0.15) is 37.8 Å². The predicted molar refractivity (Wildman–Crippen MR) is 82.9 cm³/mol. The molecule has 2 rings (SSSR count). The van der Waals surface area contributed by atoms with Crippen molar-refractivity contribution in [2.75, 3.05) is 18.9 Å². The molecule has 112 valence electrons. The van der Waals surface area contributed by atoms with Crippen LogP contribution in [0, 0.1) is 11.3 Å². The van der Waals surface area contributed by atoms with Gasteiger partial charge in [-0.25, -0.2) is 4.79 Å². The van der Waals surface area contributed by atoms with Crippen molar-refractivity contribution < 1.29 is 4.79 Å². The molecular formula is C16H22N4O. The Balaban J connectivity index is 1.96. The molecule has 1 aliphatic carbocycles. The van der Waals surface area contributed by atoms with Crippen molar-refractivity contribution in [2.24, 2.45) is 0 Å². The SMILES string of the molecule is CNC(C)c1ccc(NC(=O)N(CCC#N)C2CC2)cc1. The topological polar surface area (TPSA) is 68.2 Å². The number of nitrogens with zero attached hydrogens (tertiary/aromatic N) is 2. The third-order valence-corrected chi connectivity index (χ3v) is 3.81. The predicted octanol–water partition coefficient (Wildman–Crippen LogP) is 2.88. The highest BCUT2D eigenvalue weighted by Gasteiger charge is 2.32. The van der Waals surface area contributed by atoms with E-state index in [9.17, 15) is 4.79 Å². The maximum Gasteiger partial charge on any atom is 0.322 e. The van der Waals surface area contributed by atoms with E-state index in [1.807, 2.05) is 31.3 Å². The third-order valence-electron chi connectivity index (χ3n) is 3.81. The maximum absolute atomic E-state index is 12.3. The van der Waals surface area contributed by atoms with Gasteiger partial charge in [0.1, 0.15) is 0 Å². The number of urea groups is 1. The zero-order valence-corrected chi connectivity index (χ0v) is 12.6. The van der Waals surface area contributed by atoms with E-state index in [1.54, 1.807) is 4.90 Å². The largest absolute Gasteiger partial charge is 0.322 e. The van der Waals surface area contributed by atoms with Crippen molar-refractivity contribution in [3.8, 4) is 6.07 Å². The normalized spacial score (nSPS) is 15.1. The number of hydrogen-bond acceptors (Lipinski definition) is 3. The lowest BCUT2D eigenvalue weighted by molar-refractivity contribution is 0.210. The Morgan fingerprint density at radius 3 is 2.62 bits per heavy atom. The van der Waals surface area contributed by atoms with Crippen LogP contribution in [0.4, 0.5) is 10.5 Å². The maximum atomic E-state index is 12.3. The second-order valence-electron chi connectivity index (χ2n) is 5.40. The van der Waals surface area contributed by atoms with Gasteiger partial charge in [-0.05, 0) is 44.5 Å². The second kappa shape index (κ2) is 7.09. The zero-order valence-electron chi connectivity index (χ0n) is 12.6. The van der Waals surface area contributed by atoms with Gasteiger partial charge in [-0.1, -0.05) is 12.1 Å². The molecule has 2 N–H and O–H groups in total. The van der Waals surface area contributed by atoms with E-state index >= 15 is 0 Å². The summed E-state index contributed by atoms with van der Waals surface area (Å²) in [6.45, 7) is 2.59. The average Bonchev–Trinajstić information content (AvgIpc) is 3.32. The van der Waals surface area contributed by atoms with E-state index in [4.69, 9.17) is 5.26 Å². The molecule has 1 fully saturated rings. The molecule has 1 saturated carbocycles. The van der Waals surface area contributed by atoms with Crippen LogP contribution < -0.4 is 10.6 Å². The van der Waals surface area contributed by atoms with E-state index in [2.05, 4.69) is 23.6 Å². The zero-order chi connectivity index (χ0) is 15.2. The number of hydrogen-bond donors (Lipinski definition) is 2. The molecule has 1 atom stereocenters. The van der Waals surface area contributed by atoms with Crippen LogP contribution in [0.15, 0.2) is 24.3 Å². The van der Waals surface area contributed by atoms with Crippen LogP contribution in [-0.4, -0.2) is 30.6 Å². The van der Waals surface area contributed by atoms with Crippen LogP contribution in [0.2, 0.25) is 0 Å². The van der Waals surface area contributed by atoms with Crippen molar-refractivity contribution in [2.45, 2.75) is 38.3 Å². The molecule has 0 spiro atoms. The fourth-order valence-electron chi connectivity index (χ4n) is 2.22. The fraction of sp³-hybridized carbons (Fsp3) is 0.500. The molecular weight excluding hydrogens is 264 g/mol. The number of nitriles is 1. The summed E-state index contributed by atoms with van der Waals surface area (Å²) >= 11 is 0. The van der Waals surface area contributed by atoms with Crippen LogP contribution in [0.25, 0.3) is 0 Å². The number of carbonyl (C=O) groups excluding carboxylic acids is 1. The molecule has 1 aromatic rings. The first kappa shape index (κ1) is 15.3. The summed E-state index contributed by atoms with van der Waals surface area (Å²) in [6.07, 6.45) is 2.46. The summed E-state index contributed by atoms with van der Waals surface area (Å²) in [5.74, 6) is 0. The van der Waals surface area contributed by atoms with E-state index in [0.29, 0.717) is 19.0 Å². The Hall–Kier alpha value is -2.06. The highest BCUT2D eigenvalue weighted by atomic mass is 16.2. The molecule has 0 saturated heterocycles. The van der Waals surface area contributed by atoms with Gasteiger partial charge >= 0.3 is 6.03 Å². The van der Waals surface area contributed by atoms with Crippen molar-refractivity contribution in [1.29, 1.82) is 5.26 Å². The summed E-state index contributed by atoms with van der Waals surface area (Å²) in [7, 11) is 1.92. The Labute approximate surface area is 125 Å². The first-order valence-electron chi connectivity index (χ1n) is 7.37. The summed E-state index contributed by atoms with van der Waals surface area (Å²) < 4.78 is 0. The highest BCUT2D eigenvalue weighted by molar-refractivity contribution is 5.89. The van der Waals surface area contributed by atoms with Crippen molar-refractivity contribution in [3.63, 3.8) is 0 Å². The molecule has 1 unspecified atom stereocenters. The van der Waals surface area contributed by atoms with E-state index in [-0.39, 0.29) is 12.1 Å². The van der Waals surface area contributed by atoms with E-state index in [0.717, 1.165) is 18.5 Å². The van der Waals surface area contributed by atoms with Crippen LogP contribution in [0.3, 0.4) is 0 Å². The minimum absolute atomic E-state index is 0.109. The van der Waals surface area contributed by atoms with Crippen molar-refractivity contribution in [3.05, 3.63) is 29.8 Å². The first-order chi connectivity index (χ1) is 10.2. The van der Waals surface area contributed by atoms with E-state index in [1.165, 1.54) is 5.56 Å². The van der Waals surface area contributed by atoms with Gasteiger partial charge in [-0.2, -0.15) is 5.26 Å². The second-order valence-corrected chi connectivity index (χ2v) is 5.40. The molecule has 0 bridgehead atoms. The van der Waals surface area contributed by atoms with Crippen molar-refractivity contribution >= 4 is 11.7 Å². The number of anilines is 1. The number of benzene rings is 1. The Morgan fingerprint density at radius 2 is 2.10 bits per heavy atom. The van der Waals surface area contributed by atoms with Gasteiger partial charge in [-0.15, -0.1) is 0 Å². The first-order valence-corrected chi connectivity index (χ1v) is 7.37. The molecule has 0 heterocycles. The molecule has 0 aliphatic heterocycles. The number of nitrogens with one attached hydrogen (secondary N) is 2. The fourth-order valence-corrected chi connectivity index (χ4v) is 2.22. The molecule has 1 aliphatic rings. The number of amides is 2. The summed E-state index contributed by atoms with van der Waals surface area (Å²) in [5, 5.41) is 14.8. The molecule has 5 nitrogen and oxygen atoms in total. The summed E-state index contributed by atoms with van der Waals surface area (Å²) in [4.78, 5) is 14.0. The smallest absolute Gasteiger partial charge is 0.321 e. The van der Waals surface area contributed by atoms with Gasteiger partial charge in [0.05, 0.1) is 12.5 Å².